The Morgan fingerprint density at radius 1 is 1.09 bits per heavy atom. The Labute approximate surface area is 142 Å². The summed E-state index contributed by atoms with van der Waals surface area (Å²) in [6.45, 7) is 6.70. The monoisotopic (exact) mass is 350 g/mol. The van der Waals surface area contributed by atoms with Crippen LogP contribution in [-0.4, -0.2) is 50.1 Å². The SMILES string of the molecule is CCCCC1=[N+](C)CCN1.CCCCCCCCOS(=O)(=O)[O-]. The van der Waals surface area contributed by atoms with Crippen molar-refractivity contribution in [2.45, 2.75) is 71.6 Å². The summed E-state index contributed by atoms with van der Waals surface area (Å²) >= 11 is 0. The van der Waals surface area contributed by atoms with Gasteiger partial charge in [-0.15, -0.1) is 0 Å². The van der Waals surface area contributed by atoms with E-state index in [0.717, 1.165) is 19.4 Å². The molecule has 23 heavy (non-hydrogen) atoms. The second kappa shape index (κ2) is 13.7. The summed E-state index contributed by atoms with van der Waals surface area (Å²) in [5.41, 5.74) is 0. The lowest BCUT2D eigenvalue weighted by molar-refractivity contribution is -0.487. The highest BCUT2D eigenvalue weighted by atomic mass is 32.3. The number of hydrogen-bond acceptors (Lipinski definition) is 5. The van der Waals surface area contributed by atoms with Crippen molar-refractivity contribution in [3.63, 3.8) is 0 Å². The average Bonchev–Trinajstić information content (AvgIpc) is 2.89. The van der Waals surface area contributed by atoms with Gasteiger partial charge in [0, 0.05) is 6.42 Å². The fraction of sp³-hybridized carbons (Fsp3) is 0.938. The summed E-state index contributed by atoms with van der Waals surface area (Å²) < 4.78 is 36.3. The maximum Gasteiger partial charge on any atom is 0.244 e. The van der Waals surface area contributed by atoms with Crippen LogP contribution in [-0.2, 0) is 14.6 Å². The standard InChI is InChI=1S/C8H16N2.C8H18O4S/c1-3-4-5-8-9-6-7-10(8)2;1-2-3-4-5-6-7-8-12-13(9,10)11/h3-7H2,1-2H3;2-8H2,1H3,(H,9,10,11). The highest BCUT2D eigenvalue weighted by molar-refractivity contribution is 7.80. The molecule has 0 spiro atoms. The third-order valence-electron chi connectivity index (χ3n) is 3.73. The van der Waals surface area contributed by atoms with Crippen LogP contribution in [0, 0.1) is 0 Å². The van der Waals surface area contributed by atoms with E-state index in [0.29, 0.717) is 6.42 Å². The van der Waals surface area contributed by atoms with E-state index in [-0.39, 0.29) is 6.61 Å². The molecule has 0 saturated heterocycles. The summed E-state index contributed by atoms with van der Waals surface area (Å²) in [7, 11) is -2.31. The Morgan fingerprint density at radius 3 is 2.22 bits per heavy atom. The zero-order valence-electron chi connectivity index (χ0n) is 15.0. The first-order valence-corrected chi connectivity index (χ1v) is 10.1. The summed E-state index contributed by atoms with van der Waals surface area (Å²) in [5.74, 6) is 1.43. The Kier molecular flexibility index (Phi) is 13.4. The minimum Gasteiger partial charge on any atom is -0.726 e. The van der Waals surface area contributed by atoms with E-state index in [1.165, 1.54) is 50.9 Å². The van der Waals surface area contributed by atoms with Gasteiger partial charge in [0.2, 0.25) is 16.2 Å². The third kappa shape index (κ3) is 14.7. The van der Waals surface area contributed by atoms with Crippen molar-refractivity contribution < 1.29 is 21.7 Å². The van der Waals surface area contributed by atoms with E-state index in [4.69, 9.17) is 0 Å². The van der Waals surface area contributed by atoms with Gasteiger partial charge in [-0.2, -0.15) is 0 Å². The number of unbranched alkanes of at least 4 members (excludes halogenated alkanes) is 6. The van der Waals surface area contributed by atoms with Crippen molar-refractivity contribution in [1.82, 2.24) is 5.32 Å². The molecule has 0 amide bonds. The highest BCUT2D eigenvalue weighted by Gasteiger charge is 2.15. The number of hydrogen-bond donors (Lipinski definition) is 1. The lowest BCUT2D eigenvalue weighted by Crippen LogP contribution is -2.20. The molecule has 0 saturated carbocycles. The van der Waals surface area contributed by atoms with Crippen molar-refractivity contribution in [2.24, 2.45) is 0 Å². The molecular formula is C16H34N2O4S. The summed E-state index contributed by atoms with van der Waals surface area (Å²) in [4.78, 5) is 0. The van der Waals surface area contributed by atoms with E-state index in [1.807, 2.05) is 0 Å². The zero-order chi connectivity index (χ0) is 17.6. The minimum atomic E-state index is -4.47. The minimum absolute atomic E-state index is 0.0258. The first-order chi connectivity index (χ1) is 10.9. The van der Waals surface area contributed by atoms with Gasteiger partial charge in [0.25, 0.3) is 0 Å². The number of nitrogens with one attached hydrogen (secondary N) is 1. The Morgan fingerprint density at radius 2 is 1.70 bits per heavy atom. The normalized spacial score (nSPS) is 14.4. The van der Waals surface area contributed by atoms with Crippen molar-refractivity contribution >= 4 is 16.2 Å². The van der Waals surface area contributed by atoms with E-state index in [2.05, 4.69) is 35.0 Å². The fourth-order valence-corrected chi connectivity index (χ4v) is 2.63. The topological polar surface area (TPSA) is 81.5 Å². The van der Waals surface area contributed by atoms with Crippen molar-refractivity contribution in [3.8, 4) is 0 Å². The number of nitrogens with zero attached hydrogens (tertiary/aromatic N) is 1. The van der Waals surface area contributed by atoms with Gasteiger partial charge in [-0.25, -0.2) is 8.42 Å². The summed E-state index contributed by atoms with van der Waals surface area (Å²) in [6, 6.07) is 0. The molecule has 0 unspecified atom stereocenters. The molecule has 0 aromatic carbocycles. The maximum atomic E-state index is 9.99. The Hall–Kier alpha value is -0.660. The molecule has 0 bridgehead atoms. The van der Waals surface area contributed by atoms with Crippen LogP contribution in [0.4, 0.5) is 0 Å². The molecule has 0 atom stereocenters. The van der Waals surface area contributed by atoms with Gasteiger partial charge in [0.1, 0.15) is 13.1 Å². The van der Waals surface area contributed by atoms with Crippen LogP contribution in [0.15, 0.2) is 0 Å². The van der Waals surface area contributed by atoms with E-state index in [9.17, 15) is 13.0 Å². The quantitative estimate of drug-likeness (QED) is 0.268. The van der Waals surface area contributed by atoms with Crippen molar-refractivity contribution in [2.75, 3.05) is 26.7 Å². The van der Waals surface area contributed by atoms with Gasteiger partial charge in [-0.05, 0) is 12.8 Å². The van der Waals surface area contributed by atoms with Crippen LogP contribution < -0.4 is 5.32 Å². The first-order valence-electron chi connectivity index (χ1n) is 8.81. The molecule has 0 fully saturated rings. The third-order valence-corrected chi connectivity index (χ3v) is 4.19. The van der Waals surface area contributed by atoms with E-state index >= 15 is 0 Å². The number of rotatable bonds is 11. The predicted molar refractivity (Wildman–Crippen MR) is 92.6 cm³/mol. The number of likely N-dealkylation sites (N-methyl/N-ethyl adjacent to an activating group) is 1. The van der Waals surface area contributed by atoms with Crippen LogP contribution in [0.25, 0.3) is 0 Å². The Balaban J connectivity index is 0.000000433. The van der Waals surface area contributed by atoms with Crippen molar-refractivity contribution in [3.05, 3.63) is 0 Å². The van der Waals surface area contributed by atoms with Gasteiger partial charge in [-0.3, -0.25) is 14.1 Å². The predicted octanol–water partition coefficient (Wildman–Crippen LogP) is 2.64. The van der Waals surface area contributed by atoms with Gasteiger partial charge in [0.15, 0.2) is 0 Å². The molecule has 1 aliphatic heterocycles. The molecule has 0 aromatic rings. The first kappa shape index (κ1) is 22.3. The second-order valence-electron chi connectivity index (χ2n) is 5.90. The molecule has 6 nitrogen and oxygen atoms in total. The van der Waals surface area contributed by atoms with Gasteiger partial charge in [0.05, 0.1) is 13.7 Å². The molecule has 1 N–H and O–H groups in total. The molecular weight excluding hydrogens is 316 g/mol. The molecule has 1 aliphatic rings. The van der Waals surface area contributed by atoms with E-state index < -0.39 is 10.4 Å². The van der Waals surface area contributed by atoms with Crippen LogP contribution in [0.3, 0.4) is 0 Å². The molecule has 138 valence electrons. The molecule has 0 aliphatic carbocycles. The van der Waals surface area contributed by atoms with Crippen LogP contribution in [0.2, 0.25) is 0 Å². The largest absolute Gasteiger partial charge is 0.726 e. The van der Waals surface area contributed by atoms with E-state index in [1.54, 1.807) is 0 Å². The molecule has 0 aromatic heterocycles. The molecule has 7 heteroatoms. The summed E-state index contributed by atoms with van der Waals surface area (Å²) in [6.07, 6.45) is 10.0. The number of amidine groups is 1. The van der Waals surface area contributed by atoms with Crippen molar-refractivity contribution in [1.29, 1.82) is 0 Å². The molecule has 1 rings (SSSR count). The lowest BCUT2D eigenvalue weighted by atomic mass is 10.1. The van der Waals surface area contributed by atoms with Gasteiger partial charge < -0.3 is 4.55 Å². The molecule has 1 heterocycles. The van der Waals surface area contributed by atoms with Crippen LogP contribution >= 0.6 is 0 Å². The van der Waals surface area contributed by atoms with Crippen LogP contribution in [0.1, 0.15) is 71.6 Å². The Bertz CT molecular complexity index is 422. The summed E-state index contributed by atoms with van der Waals surface area (Å²) in [5, 5.41) is 3.38. The van der Waals surface area contributed by atoms with Gasteiger partial charge >= 0.3 is 0 Å². The molecule has 0 radical (unpaired) electrons. The highest BCUT2D eigenvalue weighted by Crippen LogP contribution is 2.05. The smallest absolute Gasteiger partial charge is 0.244 e. The van der Waals surface area contributed by atoms with Gasteiger partial charge in [-0.1, -0.05) is 52.4 Å². The van der Waals surface area contributed by atoms with Crippen LogP contribution in [0.5, 0.6) is 0 Å². The lowest BCUT2D eigenvalue weighted by Gasteiger charge is -2.06. The second-order valence-corrected chi connectivity index (χ2v) is 6.95. The maximum absolute atomic E-state index is 9.99. The fourth-order valence-electron chi connectivity index (χ4n) is 2.30. The zero-order valence-corrected chi connectivity index (χ0v) is 15.8. The average molecular weight is 351 g/mol.